The lowest BCUT2D eigenvalue weighted by Crippen LogP contribution is -2.27. The van der Waals surface area contributed by atoms with Crippen LogP contribution in [0.5, 0.6) is 0 Å². The Bertz CT molecular complexity index is 702. The summed E-state index contributed by atoms with van der Waals surface area (Å²) >= 11 is 1.56. The first-order chi connectivity index (χ1) is 11.2. The summed E-state index contributed by atoms with van der Waals surface area (Å²) in [5, 5.41) is 2.85. The Morgan fingerprint density at radius 1 is 1.13 bits per heavy atom. The molecule has 1 aliphatic carbocycles. The van der Waals surface area contributed by atoms with Gasteiger partial charge in [0.05, 0.1) is 5.75 Å². The molecule has 0 aliphatic heterocycles. The molecule has 0 heterocycles. The van der Waals surface area contributed by atoms with Crippen LogP contribution in [0.2, 0.25) is 0 Å². The summed E-state index contributed by atoms with van der Waals surface area (Å²) < 4.78 is 13.5. The van der Waals surface area contributed by atoms with Gasteiger partial charge in [-0.25, -0.2) is 4.39 Å². The molecule has 120 valence electrons. The lowest BCUT2D eigenvalue weighted by molar-refractivity contribution is -0.118. The molecule has 0 unspecified atom stereocenters. The summed E-state index contributed by atoms with van der Waals surface area (Å²) in [6.45, 7) is 0.463. The molecule has 0 saturated heterocycles. The molecule has 2 aromatic carbocycles. The standard InChI is InChI=1S/C19H20FNOS/c20-18-7-2-1-4-15(18)10-11-21-19(22)13-23-17-9-8-14-5-3-6-16(14)12-17/h1-2,4,7-9,12H,3,5-6,10-11,13H2,(H,21,22). The highest BCUT2D eigenvalue weighted by molar-refractivity contribution is 8.00. The minimum Gasteiger partial charge on any atom is -0.355 e. The Hall–Kier alpha value is -1.81. The van der Waals surface area contributed by atoms with Gasteiger partial charge in [-0.05, 0) is 60.6 Å². The predicted octanol–water partition coefficient (Wildman–Crippen LogP) is 3.77. The zero-order valence-electron chi connectivity index (χ0n) is 13.0. The van der Waals surface area contributed by atoms with E-state index in [0.29, 0.717) is 24.3 Å². The Kier molecular flexibility index (Phi) is 5.34. The van der Waals surface area contributed by atoms with Crippen LogP contribution in [0.1, 0.15) is 23.1 Å². The second kappa shape index (κ2) is 7.64. The molecule has 23 heavy (non-hydrogen) atoms. The van der Waals surface area contributed by atoms with Gasteiger partial charge >= 0.3 is 0 Å². The van der Waals surface area contributed by atoms with Gasteiger partial charge in [-0.3, -0.25) is 4.79 Å². The van der Waals surface area contributed by atoms with E-state index >= 15 is 0 Å². The van der Waals surface area contributed by atoms with E-state index in [-0.39, 0.29) is 11.7 Å². The average Bonchev–Trinajstić information content (AvgIpc) is 3.02. The maximum Gasteiger partial charge on any atom is 0.230 e. The lowest BCUT2D eigenvalue weighted by Gasteiger charge is -2.07. The molecule has 0 atom stereocenters. The number of rotatable bonds is 6. The molecule has 3 rings (SSSR count). The molecule has 1 amide bonds. The van der Waals surface area contributed by atoms with Crippen molar-refractivity contribution in [3.63, 3.8) is 0 Å². The summed E-state index contributed by atoms with van der Waals surface area (Å²) in [5.74, 6) is 0.178. The van der Waals surface area contributed by atoms with Crippen molar-refractivity contribution >= 4 is 17.7 Å². The van der Waals surface area contributed by atoms with Gasteiger partial charge in [0.2, 0.25) is 5.91 Å². The van der Waals surface area contributed by atoms with E-state index < -0.39 is 0 Å². The smallest absolute Gasteiger partial charge is 0.230 e. The van der Waals surface area contributed by atoms with E-state index in [4.69, 9.17) is 0 Å². The van der Waals surface area contributed by atoms with Gasteiger partial charge in [0.1, 0.15) is 5.82 Å². The summed E-state index contributed by atoms with van der Waals surface area (Å²) in [6.07, 6.45) is 4.08. The quantitative estimate of drug-likeness (QED) is 0.818. The van der Waals surface area contributed by atoms with Gasteiger partial charge in [-0.15, -0.1) is 11.8 Å². The zero-order valence-corrected chi connectivity index (χ0v) is 13.8. The molecule has 4 heteroatoms. The number of carbonyl (C=O) groups excluding carboxylic acids is 1. The third-order valence-electron chi connectivity index (χ3n) is 4.11. The van der Waals surface area contributed by atoms with Gasteiger partial charge in [0.25, 0.3) is 0 Å². The van der Waals surface area contributed by atoms with Crippen molar-refractivity contribution in [2.24, 2.45) is 0 Å². The average molecular weight is 329 g/mol. The topological polar surface area (TPSA) is 29.1 Å². The highest BCUT2D eigenvalue weighted by atomic mass is 32.2. The van der Waals surface area contributed by atoms with Gasteiger partial charge in [0, 0.05) is 11.4 Å². The Labute approximate surface area is 140 Å². The highest BCUT2D eigenvalue weighted by Crippen LogP contribution is 2.27. The van der Waals surface area contributed by atoms with Crippen molar-refractivity contribution < 1.29 is 9.18 Å². The van der Waals surface area contributed by atoms with Gasteiger partial charge in [-0.1, -0.05) is 24.3 Å². The molecule has 0 fully saturated rings. The molecule has 0 saturated carbocycles. The van der Waals surface area contributed by atoms with Crippen molar-refractivity contribution in [1.29, 1.82) is 0 Å². The first kappa shape index (κ1) is 16.1. The third kappa shape index (κ3) is 4.35. The van der Waals surface area contributed by atoms with E-state index in [1.54, 1.807) is 23.9 Å². The fourth-order valence-electron chi connectivity index (χ4n) is 2.88. The second-order valence-corrected chi connectivity index (χ2v) is 6.81. The Morgan fingerprint density at radius 3 is 2.83 bits per heavy atom. The number of amides is 1. The number of benzene rings is 2. The van der Waals surface area contributed by atoms with Crippen LogP contribution in [0.25, 0.3) is 0 Å². The van der Waals surface area contributed by atoms with E-state index in [0.717, 1.165) is 11.3 Å². The largest absolute Gasteiger partial charge is 0.355 e. The monoisotopic (exact) mass is 329 g/mol. The van der Waals surface area contributed by atoms with Crippen LogP contribution in [0.15, 0.2) is 47.4 Å². The molecule has 0 spiro atoms. The highest BCUT2D eigenvalue weighted by Gasteiger charge is 2.11. The van der Waals surface area contributed by atoms with Crippen LogP contribution in [0.3, 0.4) is 0 Å². The minimum atomic E-state index is -0.214. The Morgan fingerprint density at radius 2 is 1.96 bits per heavy atom. The maximum absolute atomic E-state index is 13.5. The van der Waals surface area contributed by atoms with Crippen molar-refractivity contribution in [3.05, 3.63) is 65.0 Å². The molecule has 2 nitrogen and oxygen atoms in total. The van der Waals surface area contributed by atoms with Crippen LogP contribution in [0.4, 0.5) is 4.39 Å². The number of nitrogens with one attached hydrogen (secondary N) is 1. The van der Waals surface area contributed by atoms with E-state index in [2.05, 4.69) is 23.5 Å². The van der Waals surface area contributed by atoms with Crippen molar-refractivity contribution in [1.82, 2.24) is 5.32 Å². The molecule has 0 radical (unpaired) electrons. The number of hydrogen-bond donors (Lipinski definition) is 1. The van der Waals surface area contributed by atoms with Crippen LogP contribution >= 0.6 is 11.8 Å². The van der Waals surface area contributed by atoms with Crippen LogP contribution < -0.4 is 5.32 Å². The maximum atomic E-state index is 13.5. The van der Waals surface area contributed by atoms with Crippen LogP contribution in [-0.2, 0) is 24.1 Å². The van der Waals surface area contributed by atoms with Crippen molar-refractivity contribution in [2.45, 2.75) is 30.6 Å². The summed E-state index contributed by atoms with van der Waals surface area (Å²) in [6, 6.07) is 13.2. The van der Waals surface area contributed by atoms with Gasteiger partial charge < -0.3 is 5.32 Å². The number of aryl methyl sites for hydroxylation is 2. The summed E-state index contributed by atoms with van der Waals surface area (Å²) in [4.78, 5) is 13.0. The second-order valence-electron chi connectivity index (χ2n) is 5.76. The fourth-order valence-corrected chi connectivity index (χ4v) is 3.67. The van der Waals surface area contributed by atoms with Crippen LogP contribution in [0, 0.1) is 5.82 Å². The number of fused-ring (bicyclic) bond motifs is 1. The first-order valence-electron chi connectivity index (χ1n) is 7.97. The number of hydrogen-bond acceptors (Lipinski definition) is 2. The molecule has 0 bridgehead atoms. The van der Waals surface area contributed by atoms with E-state index in [9.17, 15) is 9.18 Å². The minimum absolute atomic E-state index is 0.00756. The summed E-state index contributed by atoms with van der Waals surface area (Å²) in [7, 11) is 0. The summed E-state index contributed by atoms with van der Waals surface area (Å²) in [5.41, 5.74) is 3.51. The van der Waals surface area contributed by atoms with Gasteiger partial charge in [-0.2, -0.15) is 0 Å². The predicted molar refractivity (Wildman–Crippen MR) is 92.3 cm³/mol. The first-order valence-corrected chi connectivity index (χ1v) is 8.95. The molecular weight excluding hydrogens is 309 g/mol. The lowest BCUT2D eigenvalue weighted by atomic mass is 10.1. The molecule has 1 N–H and O–H groups in total. The molecular formula is C19H20FNOS. The normalized spacial score (nSPS) is 12.9. The number of halogens is 1. The molecule has 1 aliphatic rings. The van der Waals surface area contributed by atoms with Gasteiger partial charge in [0.15, 0.2) is 0 Å². The fraction of sp³-hybridized carbons (Fsp3) is 0.316. The molecule has 0 aromatic heterocycles. The van der Waals surface area contributed by atoms with Crippen molar-refractivity contribution in [2.75, 3.05) is 12.3 Å². The third-order valence-corrected chi connectivity index (χ3v) is 5.11. The Balaban J connectivity index is 1.42. The van der Waals surface area contributed by atoms with Crippen LogP contribution in [-0.4, -0.2) is 18.2 Å². The zero-order chi connectivity index (χ0) is 16.1. The SMILES string of the molecule is O=C(CSc1ccc2c(c1)CCC2)NCCc1ccccc1F. The van der Waals surface area contributed by atoms with Crippen molar-refractivity contribution in [3.8, 4) is 0 Å². The number of thioether (sulfide) groups is 1. The number of carbonyl (C=O) groups is 1. The molecule has 2 aromatic rings. The van der Waals surface area contributed by atoms with E-state index in [1.807, 2.05) is 6.07 Å². The van der Waals surface area contributed by atoms with E-state index in [1.165, 1.54) is 30.0 Å².